The van der Waals surface area contributed by atoms with E-state index < -0.39 is 15.9 Å². The molecule has 1 aromatic carbocycles. The Hall–Kier alpha value is -2.21. The van der Waals surface area contributed by atoms with E-state index >= 15 is 0 Å². The van der Waals surface area contributed by atoms with Crippen molar-refractivity contribution in [2.75, 3.05) is 60.5 Å². The van der Waals surface area contributed by atoms with Gasteiger partial charge in [0.2, 0.25) is 21.8 Å². The van der Waals surface area contributed by atoms with Crippen molar-refractivity contribution in [3.8, 4) is 5.75 Å². The number of aryl methyl sites for hydroxylation is 2. The molecule has 214 valence electrons. The Morgan fingerprint density at radius 3 is 2.24 bits per heavy atom. The van der Waals surface area contributed by atoms with Crippen LogP contribution in [0, 0.1) is 13.8 Å². The maximum Gasteiger partial charge on any atom is 0.243 e. The van der Waals surface area contributed by atoms with Gasteiger partial charge in [-0.1, -0.05) is 0 Å². The highest BCUT2D eigenvalue weighted by molar-refractivity contribution is 7.89. The van der Waals surface area contributed by atoms with Crippen molar-refractivity contribution in [1.29, 1.82) is 0 Å². The van der Waals surface area contributed by atoms with Crippen LogP contribution in [0.4, 0.5) is 0 Å². The van der Waals surface area contributed by atoms with Crippen molar-refractivity contribution < 1.29 is 27.5 Å². The summed E-state index contributed by atoms with van der Waals surface area (Å²) in [6, 6.07) is 3.41. The standard InChI is InChI=1S/C27H44N4O6S/c1-20-16-24(36-5)17-21(2)27(20)38(34,35)29(3)19-25(32)28-18-26(33)30(4)22-8-10-23(11-9-22)37-15-14-31-12-6-7-13-31/h16-17,22-23H,6-15,18-19H2,1-5H3,(H,28,32)/t22-,23+. The summed E-state index contributed by atoms with van der Waals surface area (Å²) in [5.41, 5.74) is 1.08. The number of hydrogen-bond acceptors (Lipinski definition) is 7. The fourth-order valence-electron chi connectivity index (χ4n) is 5.39. The average molecular weight is 553 g/mol. The number of carbonyl (C=O) groups excluding carboxylic acids is 2. The monoisotopic (exact) mass is 552 g/mol. The minimum atomic E-state index is -3.90. The van der Waals surface area contributed by atoms with E-state index in [1.54, 1.807) is 37.9 Å². The lowest BCUT2D eigenvalue weighted by molar-refractivity contribution is -0.134. The van der Waals surface area contributed by atoms with Crippen molar-refractivity contribution in [2.45, 2.75) is 69.4 Å². The number of sulfonamides is 1. The fourth-order valence-corrected chi connectivity index (χ4v) is 6.92. The van der Waals surface area contributed by atoms with Crippen LogP contribution in [0.5, 0.6) is 5.75 Å². The number of amides is 2. The van der Waals surface area contributed by atoms with Gasteiger partial charge < -0.3 is 24.6 Å². The summed E-state index contributed by atoms with van der Waals surface area (Å²) in [5.74, 6) is -0.152. The van der Waals surface area contributed by atoms with Crippen LogP contribution in [0.1, 0.15) is 49.7 Å². The average Bonchev–Trinajstić information content (AvgIpc) is 3.40. The summed E-state index contributed by atoms with van der Waals surface area (Å²) in [4.78, 5) is 29.5. The van der Waals surface area contributed by atoms with Crippen LogP contribution in [0.3, 0.4) is 0 Å². The van der Waals surface area contributed by atoms with Crippen LogP contribution < -0.4 is 10.1 Å². The Kier molecular flexibility index (Phi) is 11.0. The summed E-state index contributed by atoms with van der Waals surface area (Å²) in [6.07, 6.45) is 6.38. The largest absolute Gasteiger partial charge is 0.497 e. The van der Waals surface area contributed by atoms with E-state index in [9.17, 15) is 18.0 Å². The molecule has 3 rings (SSSR count). The van der Waals surface area contributed by atoms with E-state index in [0.29, 0.717) is 16.9 Å². The number of rotatable bonds is 12. The molecule has 38 heavy (non-hydrogen) atoms. The molecule has 0 aromatic heterocycles. The number of hydrogen-bond donors (Lipinski definition) is 1. The zero-order chi connectivity index (χ0) is 27.9. The van der Waals surface area contributed by atoms with Crippen molar-refractivity contribution in [3.63, 3.8) is 0 Å². The van der Waals surface area contributed by atoms with Gasteiger partial charge in [0.05, 0.1) is 37.8 Å². The third-order valence-corrected chi connectivity index (χ3v) is 9.80. The van der Waals surface area contributed by atoms with Crippen molar-refractivity contribution in [1.82, 2.24) is 19.4 Å². The van der Waals surface area contributed by atoms with Gasteiger partial charge in [0.25, 0.3) is 0 Å². The molecular formula is C27H44N4O6S. The van der Waals surface area contributed by atoms with Gasteiger partial charge in [0, 0.05) is 26.7 Å². The summed E-state index contributed by atoms with van der Waals surface area (Å²) in [6.45, 7) is 6.94. The lowest BCUT2D eigenvalue weighted by atomic mass is 9.92. The summed E-state index contributed by atoms with van der Waals surface area (Å²) < 4.78 is 38.6. The third kappa shape index (κ3) is 7.91. The van der Waals surface area contributed by atoms with Crippen LogP contribution in [0.25, 0.3) is 0 Å². The molecule has 1 saturated heterocycles. The van der Waals surface area contributed by atoms with Crippen LogP contribution >= 0.6 is 0 Å². The third-order valence-electron chi connectivity index (χ3n) is 7.69. The molecule has 10 nitrogen and oxygen atoms in total. The van der Waals surface area contributed by atoms with Crippen molar-refractivity contribution in [3.05, 3.63) is 23.3 Å². The molecule has 1 aliphatic heterocycles. The molecule has 1 saturated carbocycles. The number of carbonyl (C=O) groups is 2. The molecule has 0 spiro atoms. The Labute approximate surface area is 227 Å². The summed E-state index contributed by atoms with van der Waals surface area (Å²) in [5, 5.41) is 2.58. The van der Waals surface area contributed by atoms with Gasteiger partial charge in [-0.15, -0.1) is 0 Å². The molecule has 0 atom stereocenters. The second kappa shape index (κ2) is 13.7. The van der Waals surface area contributed by atoms with Crippen LogP contribution in [0.15, 0.2) is 17.0 Å². The lowest BCUT2D eigenvalue weighted by Gasteiger charge is -2.35. The second-order valence-electron chi connectivity index (χ2n) is 10.5. The summed E-state index contributed by atoms with van der Waals surface area (Å²) in [7, 11) is 0.742. The normalized spacial score (nSPS) is 20.5. The quantitative estimate of drug-likeness (QED) is 0.422. The highest BCUT2D eigenvalue weighted by Gasteiger charge is 2.29. The SMILES string of the molecule is COc1cc(C)c(S(=O)(=O)N(C)CC(=O)NCC(=O)N(C)[C@H]2CC[C@@H](OCCN3CCCC3)CC2)c(C)c1. The fraction of sp³-hybridized carbons (Fsp3) is 0.704. The zero-order valence-corrected chi connectivity index (χ0v) is 24.3. The molecule has 1 aliphatic carbocycles. The molecule has 1 N–H and O–H groups in total. The van der Waals surface area contributed by atoms with E-state index in [1.807, 2.05) is 0 Å². The first-order valence-corrected chi connectivity index (χ1v) is 14.9. The van der Waals surface area contributed by atoms with Gasteiger partial charge in [-0.25, -0.2) is 8.42 Å². The molecule has 11 heteroatoms. The minimum absolute atomic E-state index is 0.113. The van der Waals surface area contributed by atoms with E-state index in [1.165, 1.54) is 40.1 Å². The minimum Gasteiger partial charge on any atom is -0.497 e. The molecule has 0 unspecified atom stereocenters. The Balaban J connectivity index is 1.41. The number of ether oxygens (including phenoxy) is 2. The maximum atomic E-state index is 13.1. The zero-order valence-electron chi connectivity index (χ0n) is 23.5. The highest BCUT2D eigenvalue weighted by atomic mass is 32.2. The number of likely N-dealkylation sites (tertiary alicyclic amines) is 1. The van der Waals surface area contributed by atoms with Crippen molar-refractivity contribution in [2.24, 2.45) is 0 Å². The van der Waals surface area contributed by atoms with Crippen LogP contribution in [0.2, 0.25) is 0 Å². The maximum absolute atomic E-state index is 13.1. The number of nitrogens with one attached hydrogen (secondary N) is 1. The first kappa shape index (κ1) is 30.3. The molecule has 2 aliphatic rings. The predicted octanol–water partition coefficient (Wildman–Crippen LogP) is 1.93. The van der Waals surface area contributed by atoms with Gasteiger partial charge in [-0.05, 0) is 88.7 Å². The van der Waals surface area contributed by atoms with Gasteiger partial charge >= 0.3 is 0 Å². The van der Waals surface area contributed by atoms with Gasteiger partial charge in [-0.3, -0.25) is 9.59 Å². The molecular weight excluding hydrogens is 508 g/mol. The second-order valence-corrected chi connectivity index (χ2v) is 12.5. The highest BCUT2D eigenvalue weighted by Crippen LogP contribution is 2.28. The Morgan fingerprint density at radius 2 is 1.66 bits per heavy atom. The van der Waals surface area contributed by atoms with Gasteiger partial charge in [0.1, 0.15) is 5.75 Å². The van der Waals surface area contributed by atoms with Crippen LogP contribution in [-0.4, -0.2) is 107 Å². The number of benzene rings is 1. The van der Waals surface area contributed by atoms with Gasteiger partial charge in [0.15, 0.2) is 0 Å². The van der Waals surface area contributed by atoms with Crippen molar-refractivity contribution >= 4 is 21.8 Å². The smallest absolute Gasteiger partial charge is 0.243 e. The molecule has 2 amide bonds. The molecule has 0 bridgehead atoms. The first-order chi connectivity index (χ1) is 18.0. The van der Waals surface area contributed by atoms with E-state index in [-0.39, 0.29) is 36.0 Å². The number of methoxy groups -OCH3 is 1. The molecule has 2 fully saturated rings. The van der Waals surface area contributed by atoms with Crippen LogP contribution in [-0.2, 0) is 24.3 Å². The number of nitrogens with zero attached hydrogens (tertiary/aromatic N) is 3. The van der Waals surface area contributed by atoms with Gasteiger partial charge in [-0.2, -0.15) is 4.31 Å². The van der Waals surface area contributed by atoms with E-state index in [4.69, 9.17) is 9.47 Å². The predicted molar refractivity (Wildman–Crippen MR) is 146 cm³/mol. The Bertz CT molecular complexity index is 1040. The first-order valence-electron chi connectivity index (χ1n) is 13.5. The molecule has 0 radical (unpaired) electrons. The molecule has 1 aromatic rings. The lowest BCUT2D eigenvalue weighted by Crippen LogP contribution is -2.47. The topological polar surface area (TPSA) is 108 Å². The van der Waals surface area contributed by atoms with E-state index in [0.717, 1.165) is 43.1 Å². The Morgan fingerprint density at radius 1 is 1.05 bits per heavy atom. The van der Waals surface area contributed by atoms with E-state index in [2.05, 4.69) is 10.2 Å². The summed E-state index contributed by atoms with van der Waals surface area (Å²) >= 11 is 0. The molecule has 1 heterocycles. The number of likely N-dealkylation sites (N-methyl/N-ethyl adjacent to an activating group) is 2.